The molecule has 1 fully saturated rings. The lowest BCUT2D eigenvalue weighted by molar-refractivity contribution is -0.158. The number of unbranched alkanes of at least 4 members (excludes halogenated alkanes) is 1. The fourth-order valence-corrected chi connectivity index (χ4v) is 9.04. The molecule has 0 spiro atoms. The number of methoxy groups -OCH3 is 4. The van der Waals surface area contributed by atoms with Crippen molar-refractivity contribution >= 4 is 5.91 Å². The number of ether oxygens (including phenoxy) is 6. The Bertz CT molecular complexity index is 1580. The number of piperidine rings is 1. The molecule has 4 aliphatic rings. The maximum atomic E-state index is 14.8. The highest BCUT2D eigenvalue weighted by Crippen LogP contribution is 2.49. The number of carbonyl (C=O) groups is 1. The second-order valence-corrected chi connectivity index (χ2v) is 15.3. The molecule has 286 valence electrons. The van der Waals surface area contributed by atoms with Crippen molar-refractivity contribution in [1.82, 2.24) is 9.80 Å². The molecule has 0 bridgehead atoms. The number of aliphatic hydroxyl groups excluding tert-OH is 1. The van der Waals surface area contributed by atoms with Crippen LogP contribution < -0.4 is 18.9 Å². The van der Waals surface area contributed by atoms with Gasteiger partial charge in [-0.15, -0.1) is 0 Å². The number of hydrogen-bond donors (Lipinski definition) is 1. The van der Waals surface area contributed by atoms with Crippen LogP contribution in [0.15, 0.2) is 36.1 Å². The SMILES string of the molecule is CCC1CN2CCc3cc(OC)c(OC)cc3C2CC1CC1c2cc(OC)c(OC)cc2CCN1C(=O)C1=CC(C(C)C)CC(OCCCCO)O1. The molecule has 4 aliphatic heterocycles. The number of aliphatic hydroxyl groups is 1. The van der Waals surface area contributed by atoms with Gasteiger partial charge < -0.3 is 38.4 Å². The summed E-state index contributed by atoms with van der Waals surface area (Å²) in [4.78, 5) is 19.5. The van der Waals surface area contributed by atoms with Crippen molar-refractivity contribution < 1.29 is 38.3 Å². The number of nitrogens with zero attached hydrogens (tertiary/aromatic N) is 2. The molecule has 0 aromatic heterocycles. The maximum Gasteiger partial charge on any atom is 0.289 e. The first-order valence-corrected chi connectivity index (χ1v) is 19.4. The summed E-state index contributed by atoms with van der Waals surface area (Å²) in [7, 11) is 6.75. The monoisotopic (exact) mass is 720 g/mol. The van der Waals surface area contributed by atoms with Crippen LogP contribution >= 0.6 is 0 Å². The molecular formula is C42H60N2O8. The minimum Gasteiger partial charge on any atom is -0.493 e. The van der Waals surface area contributed by atoms with Crippen LogP contribution in [0.2, 0.25) is 0 Å². The van der Waals surface area contributed by atoms with E-state index < -0.39 is 6.29 Å². The summed E-state index contributed by atoms with van der Waals surface area (Å²) in [6.45, 7) is 9.93. The molecule has 52 heavy (non-hydrogen) atoms. The van der Waals surface area contributed by atoms with Gasteiger partial charge in [0.25, 0.3) is 5.91 Å². The topological polar surface area (TPSA) is 99.2 Å². The summed E-state index contributed by atoms with van der Waals surface area (Å²) < 4.78 is 35.5. The van der Waals surface area contributed by atoms with Gasteiger partial charge in [0, 0.05) is 38.7 Å². The molecule has 0 radical (unpaired) electrons. The van der Waals surface area contributed by atoms with E-state index in [-0.39, 0.29) is 30.5 Å². The molecule has 10 nitrogen and oxygen atoms in total. The van der Waals surface area contributed by atoms with Gasteiger partial charge in [-0.2, -0.15) is 0 Å². The molecule has 6 unspecified atom stereocenters. The van der Waals surface area contributed by atoms with E-state index in [4.69, 9.17) is 28.4 Å². The van der Waals surface area contributed by atoms with E-state index in [2.05, 4.69) is 54.8 Å². The lowest BCUT2D eigenvalue weighted by Gasteiger charge is -2.49. The van der Waals surface area contributed by atoms with E-state index in [1.807, 2.05) is 6.08 Å². The first kappa shape index (κ1) is 38.3. The Morgan fingerprint density at radius 1 is 0.865 bits per heavy atom. The first-order chi connectivity index (χ1) is 25.2. The largest absolute Gasteiger partial charge is 0.493 e. The average molecular weight is 721 g/mol. The Kier molecular flexibility index (Phi) is 12.6. The van der Waals surface area contributed by atoms with Crippen LogP contribution in [0.1, 0.15) is 93.6 Å². The number of allylic oxidation sites excluding steroid dienone is 1. The highest BCUT2D eigenvalue weighted by Gasteiger charge is 2.43. The lowest BCUT2D eigenvalue weighted by Crippen LogP contribution is -2.48. The molecule has 10 heteroatoms. The Morgan fingerprint density at radius 3 is 2.13 bits per heavy atom. The Labute approximate surface area is 310 Å². The van der Waals surface area contributed by atoms with Gasteiger partial charge in [-0.05, 0) is 115 Å². The molecule has 6 atom stereocenters. The van der Waals surface area contributed by atoms with E-state index in [0.29, 0.717) is 67.4 Å². The van der Waals surface area contributed by atoms with E-state index in [1.165, 1.54) is 16.7 Å². The third kappa shape index (κ3) is 7.90. The van der Waals surface area contributed by atoms with E-state index in [0.717, 1.165) is 62.3 Å². The summed E-state index contributed by atoms with van der Waals surface area (Å²) in [5.41, 5.74) is 4.98. The number of fused-ring (bicyclic) bond motifs is 4. The van der Waals surface area contributed by atoms with Gasteiger partial charge >= 0.3 is 0 Å². The molecule has 0 aliphatic carbocycles. The summed E-state index contributed by atoms with van der Waals surface area (Å²) in [5.74, 6) is 4.60. The Balaban J connectivity index is 1.34. The number of hydrogen-bond acceptors (Lipinski definition) is 9. The number of carbonyl (C=O) groups excluding carboxylic acids is 1. The third-order valence-electron chi connectivity index (χ3n) is 12.1. The highest BCUT2D eigenvalue weighted by atomic mass is 16.7. The fourth-order valence-electron chi connectivity index (χ4n) is 9.04. The van der Waals surface area contributed by atoms with Crippen LogP contribution in [0.5, 0.6) is 23.0 Å². The van der Waals surface area contributed by atoms with Gasteiger partial charge in [0.1, 0.15) is 0 Å². The van der Waals surface area contributed by atoms with Crippen LogP contribution in [0.4, 0.5) is 0 Å². The fraction of sp³-hybridized carbons (Fsp3) is 0.643. The zero-order valence-electron chi connectivity index (χ0n) is 32.3. The summed E-state index contributed by atoms with van der Waals surface area (Å²) in [6, 6.07) is 8.66. The van der Waals surface area contributed by atoms with Crippen molar-refractivity contribution in [1.29, 1.82) is 0 Å². The van der Waals surface area contributed by atoms with Gasteiger partial charge in [0.2, 0.25) is 6.29 Å². The quantitative estimate of drug-likeness (QED) is 0.210. The summed E-state index contributed by atoms with van der Waals surface area (Å²) in [5, 5.41) is 9.25. The predicted octanol–water partition coefficient (Wildman–Crippen LogP) is 6.87. The van der Waals surface area contributed by atoms with Crippen molar-refractivity contribution in [3.63, 3.8) is 0 Å². The summed E-state index contributed by atoms with van der Waals surface area (Å²) >= 11 is 0. The minimum atomic E-state index is -0.495. The predicted molar refractivity (Wildman–Crippen MR) is 200 cm³/mol. The summed E-state index contributed by atoms with van der Waals surface area (Å²) in [6.07, 6.45) is 8.28. The van der Waals surface area contributed by atoms with Gasteiger partial charge in [-0.1, -0.05) is 27.2 Å². The number of amides is 1. The Morgan fingerprint density at radius 2 is 1.50 bits per heavy atom. The smallest absolute Gasteiger partial charge is 0.289 e. The lowest BCUT2D eigenvalue weighted by atomic mass is 9.72. The molecule has 2 aromatic carbocycles. The molecule has 1 amide bonds. The van der Waals surface area contributed by atoms with Gasteiger partial charge in [0.05, 0.1) is 41.1 Å². The number of rotatable bonds is 14. The zero-order chi connectivity index (χ0) is 36.9. The van der Waals surface area contributed by atoms with Crippen molar-refractivity contribution in [2.24, 2.45) is 23.7 Å². The van der Waals surface area contributed by atoms with Gasteiger partial charge in [-0.25, -0.2) is 0 Å². The molecule has 6 rings (SSSR count). The standard InChI is InChI=1S/C42H60N2O8/c1-8-27-25-43-13-11-28-19-36(47-4)38(49-6)23-32(28)34(43)17-31(27)18-35-33-24-39(50-7)37(48-5)20-29(33)12-14-44(35)42(46)40-21-30(26(2)3)22-41(52-40)51-16-10-9-15-45/h19-21,23-24,26-27,30-31,34-35,41,45H,8-18,22,25H2,1-7H3. The van der Waals surface area contributed by atoms with Crippen LogP contribution in [0.25, 0.3) is 0 Å². The second kappa shape index (κ2) is 17.1. The minimum absolute atomic E-state index is 0.0786. The van der Waals surface area contributed by atoms with Crippen molar-refractivity contribution in [2.75, 3.05) is 61.3 Å². The van der Waals surface area contributed by atoms with Crippen LogP contribution in [0, 0.1) is 23.7 Å². The van der Waals surface area contributed by atoms with Crippen LogP contribution in [-0.4, -0.2) is 88.4 Å². The van der Waals surface area contributed by atoms with Crippen LogP contribution in [0.3, 0.4) is 0 Å². The normalized spacial score (nSPS) is 25.7. The van der Waals surface area contributed by atoms with Crippen molar-refractivity contribution in [3.05, 3.63) is 58.4 Å². The van der Waals surface area contributed by atoms with Crippen molar-refractivity contribution in [2.45, 2.75) is 90.5 Å². The molecule has 1 saturated heterocycles. The first-order valence-electron chi connectivity index (χ1n) is 19.4. The second-order valence-electron chi connectivity index (χ2n) is 15.3. The highest BCUT2D eigenvalue weighted by molar-refractivity contribution is 5.92. The third-order valence-corrected chi connectivity index (χ3v) is 12.1. The number of benzene rings is 2. The zero-order valence-corrected chi connectivity index (χ0v) is 32.3. The molecule has 2 aromatic rings. The van der Waals surface area contributed by atoms with Crippen LogP contribution in [-0.2, 0) is 27.1 Å². The van der Waals surface area contributed by atoms with Crippen molar-refractivity contribution in [3.8, 4) is 23.0 Å². The molecule has 1 N–H and O–H groups in total. The maximum absolute atomic E-state index is 14.8. The average Bonchev–Trinajstić information content (AvgIpc) is 3.17. The van der Waals surface area contributed by atoms with E-state index >= 15 is 0 Å². The van der Waals surface area contributed by atoms with E-state index in [9.17, 15) is 9.90 Å². The van der Waals surface area contributed by atoms with Gasteiger partial charge in [0.15, 0.2) is 28.8 Å². The molecule has 0 saturated carbocycles. The molecule has 4 heterocycles. The van der Waals surface area contributed by atoms with Gasteiger partial charge in [-0.3, -0.25) is 9.69 Å². The molecular weight excluding hydrogens is 660 g/mol. The van der Waals surface area contributed by atoms with E-state index in [1.54, 1.807) is 28.4 Å². The Hall–Kier alpha value is -3.47.